The number of carbonyl (C=O) groups is 2. The van der Waals surface area contributed by atoms with Gasteiger partial charge < -0.3 is 19.8 Å². The fourth-order valence-corrected chi connectivity index (χ4v) is 5.39. The van der Waals surface area contributed by atoms with Crippen LogP contribution in [0.4, 0.5) is 0 Å². The number of hydrogen-bond donors (Lipinski definition) is 2. The van der Waals surface area contributed by atoms with Gasteiger partial charge in [-0.25, -0.2) is 0 Å². The van der Waals surface area contributed by atoms with Gasteiger partial charge in [0.25, 0.3) is 0 Å². The number of rotatable bonds is 8. The largest absolute Gasteiger partial charge is 0.469 e. The number of fused-ring (bicyclic) bond motifs is 5. The minimum Gasteiger partial charge on any atom is -0.469 e. The lowest BCUT2D eigenvalue weighted by atomic mass is 9.85. The molecule has 2 saturated heterocycles. The van der Waals surface area contributed by atoms with E-state index in [9.17, 15) is 9.59 Å². The number of ether oxygens (including phenoxy) is 1. The third kappa shape index (κ3) is 4.73. The van der Waals surface area contributed by atoms with Crippen molar-refractivity contribution in [3.63, 3.8) is 0 Å². The number of amides is 2. The summed E-state index contributed by atoms with van der Waals surface area (Å²) in [7, 11) is 0. The Kier molecular flexibility index (Phi) is 7.55. The van der Waals surface area contributed by atoms with Crippen molar-refractivity contribution in [3.05, 3.63) is 36.3 Å². The maximum Gasteiger partial charge on any atom is 0.233 e. The maximum atomic E-state index is 12.8. The fraction of sp³-hybridized carbons (Fsp3) is 0.609. The van der Waals surface area contributed by atoms with Gasteiger partial charge in [0.1, 0.15) is 5.76 Å². The van der Waals surface area contributed by atoms with E-state index in [0.29, 0.717) is 32.1 Å². The van der Waals surface area contributed by atoms with E-state index in [4.69, 9.17) is 9.15 Å². The van der Waals surface area contributed by atoms with Gasteiger partial charge >= 0.3 is 0 Å². The predicted octanol–water partition coefficient (Wildman–Crippen LogP) is 1.96. The van der Waals surface area contributed by atoms with E-state index in [-0.39, 0.29) is 65.6 Å². The molecule has 1 aromatic rings. The summed E-state index contributed by atoms with van der Waals surface area (Å²) < 4.78 is 11.0. The lowest BCUT2D eigenvalue weighted by molar-refractivity contribution is -0.140. The molecule has 2 N–H and O–H groups in total. The molecule has 0 spiro atoms. The number of imide groups is 1. The van der Waals surface area contributed by atoms with Gasteiger partial charge in [-0.1, -0.05) is 12.2 Å². The normalized spacial score (nSPS) is 30.7. The summed E-state index contributed by atoms with van der Waals surface area (Å²) in [6, 6.07) is 3.82. The Bertz CT molecular complexity index is 835. The summed E-state index contributed by atoms with van der Waals surface area (Å²) in [5.41, 5.74) is 0. The lowest BCUT2D eigenvalue weighted by Crippen LogP contribution is -2.44. The van der Waals surface area contributed by atoms with Gasteiger partial charge in [-0.05, 0) is 43.2 Å². The van der Waals surface area contributed by atoms with Gasteiger partial charge in [-0.15, -0.1) is 24.0 Å². The van der Waals surface area contributed by atoms with Crippen molar-refractivity contribution in [1.29, 1.82) is 0 Å². The third-order valence-corrected chi connectivity index (χ3v) is 6.91. The number of halogens is 1. The molecule has 2 aliphatic carbocycles. The van der Waals surface area contributed by atoms with E-state index in [0.717, 1.165) is 38.1 Å². The van der Waals surface area contributed by atoms with E-state index >= 15 is 0 Å². The number of allylic oxidation sites excluding steroid dienone is 2. The fourth-order valence-electron chi connectivity index (χ4n) is 5.39. The first-order valence-electron chi connectivity index (χ1n) is 11.4. The Hall–Kier alpha value is -1.88. The summed E-state index contributed by atoms with van der Waals surface area (Å²) in [4.78, 5) is 31.8. The highest BCUT2D eigenvalue weighted by Gasteiger charge is 2.58. The molecule has 2 bridgehead atoms. The Labute approximate surface area is 205 Å². The molecule has 0 radical (unpaired) electrons. The van der Waals surface area contributed by atoms with Crippen LogP contribution in [0.3, 0.4) is 0 Å². The summed E-state index contributed by atoms with van der Waals surface area (Å²) in [6.07, 6.45) is 9.88. The van der Waals surface area contributed by atoms with Crippen LogP contribution in [0.1, 0.15) is 25.0 Å². The molecule has 3 fully saturated rings. The van der Waals surface area contributed by atoms with Gasteiger partial charge in [-0.2, -0.15) is 0 Å². The van der Waals surface area contributed by atoms with Crippen molar-refractivity contribution in [3.8, 4) is 0 Å². The summed E-state index contributed by atoms with van der Waals surface area (Å²) in [5, 5.41) is 6.61. The zero-order valence-electron chi connectivity index (χ0n) is 18.1. The maximum absolute atomic E-state index is 12.8. The average Bonchev–Trinajstić information content (AvgIpc) is 3.59. The molecule has 0 aromatic carbocycles. The zero-order chi connectivity index (χ0) is 21.2. The van der Waals surface area contributed by atoms with E-state index in [1.165, 1.54) is 4.90 Å². The van der Waals surface area contributed by atoms with Crippen molar-refractivity contribution in [2.75, 3.05) is 32.8 Å². The molecule has 2 amide bonds. The first kappa shape index (κ1) is 23.3. The minimum atomic E-state index is -0.137. The molecule has 5 rings (SSSR count). The lowest BCUT2D eigenvalue weighted by Gasteiger charge is -2.19. The van der Waals surface area contributed by atoms with E-state index in [2.05, 4.69) is 27.8 Å². The monoisotopic (exact) mass is 554 g/mol. The molecule has 1 aromatic heterocycles. The van der Waals surface area contributed by atoms with Crippen LogP contribution in [0.5, 0.6) is 0 Å². The van der Waals surface area contributed by atoms with Crippen LogP contribution in [-0.2, 0) is 20.7 Å². The number of carbonyl (C=O) groups excluding carboxylic acids is 2. The molecule has 5 unspecified atom stereocenters. The highest BCUT2D eigenvalue weighted by atomic mass is 127. The second kappa shape index (κ2) is 10.4. The second-order valence-corrected chi connectivity index (χ2v) is 8.84. The zero-order valence-corrected chi connectivity index (χ0v) is 20.4. The topological polar surface area (TPSA) is 96.2 Å². The Morgan fingerprint density at radius 2 is 1.88 bits per heavy atom. The number of nitrogens with zero attached hydrogens (tertiary/aromatic N) is 2. The van der Waals surface area contributed by atoms with Crippen LogP contribution in [0, 0.1) is 23.7 Å². The van der Waals surface area contributed by atoms with Crippen molar-refractivity contribution in [1.82, 2.24) is 15.5 Å². The standard InChI is InChI=1S/C23H30N4O4.HI/c28-21-19-15-5-6-16(13-15)20(19)22(29)27(21)10-9-25-23(26-14-18-4-2-12-31-18)24-8-7-17-3-1-11-30-17;/h1,3,5-6,11,15-16,18-20H,2,4,7-10,12-14H2,(H2,24,25,26);1H. The van der Waals surface area contributed by atoms with Crippen LogP contribution in [0.2, 0.25) is 0 Å². The van der Waals surface area contributed by atoms with Crippen LogP contribution >= 0.6 is 24.0 Å². The molecular weight excluding hydrogens is 523 g/mol. The molecular formula is C23H31IN4O4. The first-order valence-corrected chi connectivity index (χ1v) is 11.4. The third-order valence-electron chi connectivity index (χ3n) is 6.91. The molecule has 2 aliphatic heterocycles. The van der Waals surface area contributed by atoms with Crippen molar-refractivity contribution in [2.24, 2.45) is 28.7 Å². The van der Waals surface area contributed by atoms with E-state index in [1.54, 1.807) is 6.26 Å². The Morgan fingerprint density at radius 3 is 2.53 bits per heavy atom. The number of likely N-dealkylation sites (tertiary alicyclic amines) is 1. The summed E-state index contributed by atoms with van der Waals surface area (Å²) >= 11 is 0. The van der Waals surface area contributed by atoms with Crippen molar-refractivity contribution >= 4 is 41.8 Å². The van der Waals surface area contributed by atoms with Gasteiger partial charge in [0.2, 0.25) is 11.8 Å². The number of furan rings is 1. The van der Waals surface area contributed by atoms with Crippen LogP contribution < -0.4 is 10.6 Å². The second-order valence-electron chi connectivity index (χ2n) is 8.84. The molecule has 8 nitrogen and oxygen atoms in total. The van der Waals surface area contributed by atoms with E-state index in [1.807, 2.05) is 12.1 Å². The highest BCUT2D eigenvalue weighted by molar-refractivity contribution is 14.0. The molecule has 1 saturated carbocycles. The molecule has 3 heterocycles. The number of hydrogen-bond acceptors (Lipinski definition) is 5. The Morgan fingerprint density at radius 1 is 1.12 bits per heavy atom. The number of nitrogens with one attached hydrogen (secondary N) is 2. The predicted molar refractivity (Wildman–Crippen MR) is 130 cm³/mol. The summed E-state index contributed by atoms with van der Waals surface area (Å²) in [5.74, 6) is 1.79. The van der Waals surface area contributed by atoms with Crippen LogP contribution in [0.15, 0.2) is 40.0 Å². The first-order chi connectivity index (χ1) is 15.2. The SMILES string of the molecule is I.O=C1C2C3C=CC(C3)C2C(=O)N1CCNC(=NCC1CCCO1)NCCc1ccco1. The number of aliphatic imine (C=N–C) groups is 1. The molecule has 32 heavy (non-hydrogen) atoms. The van der Waals surface area contributed by atoms with Crippen molar-refractivity contribution in [2.45, 2.75) is 31.8 Å². The Balaban J connectivity index is 0.00000245. The van der Waals surface area contributed by atoms with Crippen LogP contribution in [0.25, 0.3) is 0 Å². The minimum absolute atomic E-state index is 0. The number of guanidine groups is 1. The quantitative estimate of drug-likeness (QED) is 0.168. The molecule has 9 heteroatoms. The van der Waals surface area contributed by atoms with Gasteiger partial charge in [0, 0.05) is 32.7 Å². The molecule has 4 aliphatic rings. The van der Waals surface area contributed by atoms with E-state index < -0.39 is 0 Å². The average molecular weight is 554 g/mol. The molecule has 174 valence electrons. The highest BCUT2D eigenvalue weighted by Crippen LogP contribution is 2.52. The van der Waals surface area contributed by atoms with Crippen LogP contribution in [-0.4, -0.2) is 61.6 Å². The van der Waals surface area contributed by atoms with Gasteiger partial charge in [-0.3, -0.25) is 19.5 Å². The smallest absolute Gasteiger partial charge is 0.233 e. The van der Waals surface area contributed by atoms with Gasteiger partial charge in [0.05, 0.1) is 30.7 Å². The van der Waals surface area contributed by atoms with Crippen molar-refractivity contribution < 1.29 is 18.7 Å². The van der Waals surface area contributed by atoms with Gasteiger partial charge in [0.15, 0.2) is 5.96 Å². The molecule has 5 atom stereocenters. The summed E-state index contributed by atoms with van der Waals surface area (Å²) in [6.45, 7) is 2.90.